The van der Waals surface area contributed by atoms with Crippen LogP contribution in [0.3, 0.4) is 0 Å². The third kappa shape index (κ3) is 4.23. The first-order chi connectivity index (χ1) is 9.12. The Labute approximate surface area is 122 Å². The molecule has 1 aromatic rings. The summed E-state index contributed by atoms with van der Waals surface area (Å²) in [6.45, 7) is 8.22. The SMILES string of the molecule is CC(c1ccc(N(C)C)cc1)N(CC(=O)O)C(C)(C)C. The first kappa shape index (κ1) is 16.5. The van der Waals surface area contributed by atoms with E-state index < -0.39 is 5.97 Å². The molecule has 1 aromatic carbocycles. The zero-order valence-electron chi connectivity index (χ0n) is 13.3. The van der Waals surface area contributed by atoms with E-state index in [0.717, 1.165) is 11.3 Å². The van der Waals surface area contributed by atoms with E-state index in [1.165, 1.54) is 0 Å². The molecule has 4 nitrogen and oxygen atoms in total. The molecule has 0 heterocycles. The van der Waals surface area contributed by atoms with E-state index in [9.17, 15) is 4.79 Å². The van der Waals surface area contributed by atoms with Crippen molar-refractivity contribution in [2.45, 2.75) is 39.3 Å². The van der Waals surface area contributed by atoms with Crippen LogP contribution in [0.4, 0.5) is 5.69 Å². The average molecular weight is 278 g/mol. The van der Waals surface area contributed by atoms with E-state index in [-0.39, 0.29) is 18.1 Å². The molecule has 0 spiro atoms. The Morgan fingerprint density at radius 1 is 1.20 bits per heavy atom. The van der Waals surface area contributed by atoms with Gasteiger partial charge in [0, 0.05) is 31.4 Å². The van der Waals surface area contributed by atoms with E-state index >= 15 is 0 Å². The van der Waals surface area contributed by atoms with E-state index in [2.05, 4.69) is 31.2 Å². The molecule has 0 aliphatic carbocycles. The highest BCUT2D eigenvalue weighted by Crippen LogP contribution is 2.28. The van der Waals surface area contributed by atoms with Crippen molar-refractivity contribution in [3.63, 3.8) is 0 Å². The molecule has 0 aliphatic heterocycles. The predicted octanol–water partition coefficient (Wildman–Crippen LogP) is 3.00. The van der Waals surface area contributed by atoms with Gasteiger partial charge in [0.2, 0.25) is 0 Å². The second-order valence-electron chi connectivity index (χ2n) is 6.35. The van der Waals surface area contributed by atoms with E-state index in [4.69, 9.17) is 5.11 Å². The monoisotopic (exact) mass is 278 g/mol. The molecule has 0 saturated carbocycles. The third-order valence-corrected chi connectivity index (χ3v) is 3.53. The van der Waals surface area contributed by atoms with Gasteiger partial charge in [-0.15, -0.1) is 0 Å². The molecule has 1 unspecified atom stereocenters. The van der Waals surface area contributed by atoms with Gasteiger partial charge in [-0.1, -0.05) is 12.1 Å². The van der Waals surface area contributed by atoms with Gasteiger partial charge in [0.1, 0.15) is 0 Å². The van der Waals surface area contributed by atoms with Gasteiger partial charge in [0.25, 0.3) is 0 Å². The van der Waals surface area contributed by atoms with Crippen molar-refractivity contribution in [3.05, 3.63) is 29.8 Å². The molecule has 0 saturated heterocycles. The van der Waals surface area contributed by atoms with Crippen molar-refractivity contribution in [2.24, 2.45) is 0 Å². The normalized spacial score (nSPS) is 13.3. The van der Waals surface area contributed by atoms with Crippen molar-refractivity contribution < 1.29 is 9.90 Å². The highest BCUT2D eigenvalue weighted by Gasteiger charge is 2.28. The zero-order chi connectivity index (χ0) is 15.5. The summed E-state index contributed by atoms with van der Waals surface area (Å²) in [5.41, 5.74) is 2.08. The number of hydrogen-bond acceptors (Lipinski definition) is 3. The molecule has 1 rings (SSSR count). The molecule has 1 atom stereocenters. The summed E-state index contributed by atoms with van der Waals surface area (Å²) < 4.78 is 0. The summed E-state index contributed by atoms with van der Waals surface area (Å²) >= 11 is 0. The number of hydrogen-bond donors (Lipinski definition) is 1. The maximum Gasteiger partial charge on any atom is 0.317 e. The summed E-state index contributed by atoms with van der Waals surface area (Å²) in [4.78, 5) is 15.1. The lowest BCUT2D eigenvalue weighted by Gasteiger charge is -2.39. The van der Waals surface area contributed by atoms with Crippen molar-refractivity contribution in [1.29, 1.82) is 0 Å². The van der Waals surface area contributed by atoms with Crippen LogP contribution in [0.1, 0.15) is 39.3 Å². The first-order valence-corrected chi connectivity index (χ1v) is 6.88. The van der Waals surface area contributed by atoms with Crippen LogP contribution in [0.15, 0.2) is 24.3 Å². The molecule has 0 radical (unpaired) electrons. The second-order valence-corrected chi connectivity index (χ2v) is 6.35. The van der Waals surface area contributed by atoms with Crippen molar-refractivity contribution in [3.8, 4) is 0 Å². The van der Waals surface area contributed by atoms with Gasteiger partial charge in [-0.3, -0.25) is 9.69 Å². The number of benzene rings is 1. The largest absolute Gasteiger partial charge is 0.480 e. The minimum Gasteiger partial charge on any atom is -0.480 e. The Hall–Kier alpha value is -1.55. The second kappa shape index (κ2) is 6.27. The first-order valence-electron chi connectivity index (χ1n) is 6.88. The summed E-state index contributed by atoms with van der Waals surface area (Å²) in [6.07, 6.45) is 0. The van der Waals surface area contributed by atoms with Crippen LogP contribution in [-0.2, 0) is 4.79 Å². The van der Waals surface area contributed by atoms with Gasteiger partial charge < -0.3 is 10.0 Å². The number of carbonyl (C=O) groups is 1. The predicted molar refractivity (Wildman–Crippen MR) is 83.3 cm³/mol. The van der Waals surface area contributed by atoms with Crippen LogP contribution in [0.25, 0.3) is 0 Å². The Morgan fingerprint density at radius 3 is 2.05 bits per heavy atom. The van der Waals surface area contributed by atoms with Crippen LogP contribution >= 0.6 is 0 Å². The fourth-order valence-corrected chi connectivity index (χ4v) is 2.33. The lowest BCUT2D eigenvalue weighted by molar-refractivity contribution is -0.140. The highest BCUT2D eigenvalue weighted by atomic mass is 16.4. The standard InChI is InChI=1S/C16H26N2O2/c1-12(18(11-15(19)20)16(2,3)4)13-7-9-14(10-8-13)17(5)6/h7-10,12H,11H2,1-6H3,(H,19,20). The summed E-state index contributed by atoms with van der Waals surface area (Å²) in [7, 11) is 4.01. The summed E-state index contributed by atoms with van der Waals surface area (Å²) in [5.74, 6) is -0.795. The van der Waals surface area contributed by atoms with Gasteiger partial charge in [-0.25, -0.2) is 0 Å². The van der Waals surface area contributed by atoms with E-state index in [1.54, 1.807) is 0 Å². The van der Waals surface area contributed by atoms with Gasteiger partial charge >= 0.3 is 5.97 Å². The third-order valence-electron chi connectivity index (χ3n) is 3.53. The van der Waals surface area contributed by atoms with E-state index in [0.29, 0.717) is 0 Å². The number of carboxylic acids is 1. The average Bonchev–Trinajstić information content (AvgIpc) is 2.33. The quantitative estimate of drug-likeness (QED) is 0.899. The van der Waals surface area contributed by atoms with Gasteiger partial charge in [0.15, 0.2) is 0 Å². The number of carboxylic acid groups (broad SMARTS) is 1. The zero-order valence-corrected chi connectivity index (χ0v) is 13.3. The highest BCUT2D eigenvalue weighted by molar-refractivity contribution is 5.69. The number of rotatable bonds is 5. The van der Waals surface area contributed by atoms with Gasteiger partial charge in [-0.05, 0) is 45.4 Å². The molecule has 20 heavy (non-hydrogen) atoms. The van der Waals surface area contributed by atoms with Gasteiger partial charge in [0.05, 0.1) is 6.54 Å². The maximum atomic E-state index is 11.1. The topological polar surface area (TPSA) is 43.8 Å². The molecule has 0 fully saturated rings. The maximum absolute atomic E-state index is 11.1. The molecule has 112 valence electrons. The van der Waals surface area contributed by atoms with Crippen LogP contribution in [0.5, 0.6) is 0 Å². The molecular weight excluding hydrogens is 252 g/mol. The van der Waals surface area contributed by atoms with Gasteiger partial charge in [-0.2, -0.15) is 0 Å². The lowest BCUT2D eigenvalue weighted by atomic mass is 9.98. The Morgan fingerprint density at radius 2 is 1.70 bits per heavy atom. The van der Waals surface area contributed by atoms with E-state index in [1.807, 2.05) is 44.7 Å². The van der Waals surface area contributed by atoms with Crippen molar-refractivity contribution in [2.75, 3.05) is 25.5 Å². The smallest absolute Gasteiger partial charge is 0.317 e. The molecule has 0 aliphatic rings. The molecule has 4 heteroatoms. The molecule has 1 N–H and O–H groups in total. The summed E-state index contributed by atoms with van der Waals surface area (Å²) in [5, 5.41) is 9.11. The molecular formula is C16H26N2O2. The Balaban J connectivity index is 2.99. The Kier molecular flexibility index (Phi) is 5.17. The van der Waals surface area contributed by atoms with Crippen LogP contribution in [0.2, 0.25) is 0 Å². The van der Waals surface area contributed by atoms with Crippen LogP contribution in [-0.4, -0.2) is 42.2 Å². The molecule has 0 aromatic heterocycles. The van der Waals surface area contributed by atoms with Crippen LogP contribution < -0.4 is 4.90 Å². The minimum atomic E-state index is -0.795. The fraction of sp³-hybridized carbons (Fsp3) is 0.562. The molecule has 0 bridgehead atoms. The number of nitrogens with zero attached hydrogens (tertiary/aromatic N) is 2. The lowest BCUT2D eigenvalue weighted by Crippen LogP contribution is -2.45. The van der Waals surface area contributed by atoms with Crippen LogP contribution in [0, 0.1) is 0 Å². The van der Waals surface area contributed by atoms with Crippen molar-refractivity contribution in [1.82, 2.24) is 4.90 Å². The molecule has 0 amide bonds. The Bertz CT molecular complexity index is 447. The summed E-state index contributed by atoms with van der Waals surface area (Å²) in [6, 6.07) is 8.32. The number of anilines is 1. The number of aliphatic carboxylic acids is 1. The minimum absolute atomic E-state index is 0.0418. The van der Waals surface area contributed by atoms with Crippen molar-refractivity contribution >= 4 is 11.7 Å². The fourth-order valence-electron chi connectivity index (χ4n) is 2.33.